The minimum Gasteiger partial charge on any atom is -0.360 e. The van der Waals surface area contributed by atoms with Crippen LogP contribution in [0.5, 0.6) is 0 Å². The van der Waals surface area contributed by atoms with Crippen molar-refractivity contribution in [3.8, 4) is 0 Å². The van der Waals surface area contributed by atoms with E-state index in [0.29, 0.717) is 15.7 Å². The lowest BCUT2D eigenvalue weighted by Gasteiger charge is -2.17. The van der Waals surface area contributed by atoms with Crippen LogP contribution in [0.4, 0.5) is 4.79 Å². The summed E-state index contributed by atoms with van der Waals surface area (Å²) >= 11 is 0. The van der Waals surface area contributed by atoms with Gasteiger partial charge in [0.05, 0.1) is 0 Å². The molecule has 1 saturated heterocycles. The van der Waals surface area contributed by atoms with E-state index in [-0.39, 0.29) is 11.9 Å². The number of methoxy groups -OCH3 is 2. The lowest BCUT2D eigenvalue weighted by molar-refractivity contribution is -0.0445. The van der Waals surface area contributed by atoms with Crippen molar-refractivity contribution in [1.29, 1.82) is 0 Å². The molecule has 0 unspecified atom stereocenters. The van der Waals surface area contributed by atoms with Crippen LogP contribution in [0.25, 0.3) is 0 Å². The van der Waals surface area contributed by atoms with E-state index in [1.54, 1.807) is 19.1 Å². The van der Waals surface area contributed by atoms with Gasteiger partial charge in [-0.25, -0.2) is 4.79 Å². The van der Waals surface area contributed by atoms with Gasteiger partial charge in [-0.05, 0) is 0 Å². The number of hydrogen-bond donors (Lipinski definition) is 1. The van der Waals surface area contributed by atoms with Crippen LogP contribution in [0.1, 0.15) is 0 Å². The van der Waals surface area contributed by atoms with E-state index in [2.05, 4.69) is 5.32 Å². The molecule has 1 fully saturated rings. The van der Waals surface area contributed by atoms with Gasteiger partial charge in [0.25, 0.3) is 0 Å². The normalized spacial score (nSPS) is 16.8. The van der Waals surface area contributed by atoms with Crippen molar-refractivity contribution < 1.29 is 14.3 Å². The van der Waals surface area contributed by atoms with Gasteiger partial charge >= 0.3 is 6.03 Å². The first-order chi connectivity index (χ1) is 6.27. The molecule has 1 aliphatic heterocycles. The maximum Gasteiger partial charge on any atom is 0.317 e. The molecule has 5 nitrogen and oxygen atoms in total. The summed E-state index contributed by atoms with van der Waals surface area (Å²) in [5, 5.41) is 2.74. The molecule has 2 radical (unpaired) electrons. The Balaban J connectivity index is 2.20. The first kappa shape index (κ1) is 10.5. The molecule has 0 aromatic carbocycles. The Kier molecular flexibility index (Phi) is 4.20. The van der Waals surface area contributed by atoms with Crippen molar-refractivity contribution in [1.82, 2.24) is 10.2 Å². The Morgan fingerprint density at radius 1 is 1.62 bits per heavy atom. The molecule has 0 aromatic heterocycles. The number of urea groups is 1. The number of carbonyl (C=O) groups excluding carboxylic acids is 1. The first-order valence-corrected chi connectivity index (χ1v) is 5.38. The second-order valence-corrected chi connectivity index (χ2v) is 3.86. The van der Waals surface area contributed by atoms with Crippen LogP contribution in [0.2, 0.25) is 0 Å². The number of ether oxygens (including phenoxy) is 2. The maximum atomic E-state index is 11.1. The van der Waals surface area contributed by atoms with E-state index in [1.807, 2.05) is 0 Å². The summed E-state index contributed by atoms with van der Waals surface area (Å²) < 4.78 is 10.1. The molecular weight excluding hydrogens is 188 g/mol. The Morgan fingerprint density at radius 3 is 2.77 bits per heavy atom. The van der Waals surface area contributed by atoms with E-state index >= 15 is 0 Å². The molecule has 0 saturated carbocycles. The average Bonchev–Trinajstić information content (AvgIpc) is 2.54. The number of nitrogens with one attached hydrogen (secondary N) is 1. The zero-order valence-electron chi connectivity index (χ0n) is 7.87. The molecule has 0 atom stereocenters. The summed E-state index contributed by atoms with van der Waals surface area (Å²) in [5.41, 5.74) is 0. The Hall–Kier alpha value is -0.593. The Labute approximate surface area is 80.2 Å². The van der Waals surface area contributed by atoms with Crippen LogP contribution in [-0.2, 0) is 9.47 Å². The van der Waals surface area contributed by atoms with Crippen molar-refractivity contribution >= 4 is 15.6 Å². The molecule has 1 rings (SSSR count). The zero-order valence-corrected chi connectivity index (χ0v) is 8.87. The summed E-state index contributed by atoms with van der Waals surface area (Å²) in [6.45, 7) is 1.53. The van der Waals surface area contributed by atoms with Crippen LogP contribution in [-0.4, -0.2) is 59.8 Å². The lowest BCUT2D eigenvalue weighted by Crippen LogP contribution is -2.37. The fourth-order valence-corrected chi connectivity index (χ4v) is 2.11. The Morgan fingerprint density at radius 2 is 2.31 bits per heavy atom. The number of nitrogens with zero attached hydrogens (tertiary/aromatic N) is 1. The number of carbonyl (C=O) groups is 1. The zero-order chi connectivity index (χ0) is 9.68. The highest BCUT2D eigenvalue weighted by atomic mass is 28.2. The molecule has 1 heterocycles. The molecule has 0 aliphatic carbocycles. The smallest absolute Gasteiger partial charge is 0.317 e. The summed E-state index contributed by atoms with van der Waals surface area (Å²) in [4.78, 5) is 12.9. The second kappa shape index (κ2) is 5.20. The largest absolute Gasteiger partial charge is 0.360 e. The van der Waals surface area contributed by atoms with Crippen molar-refractivity contribution in [2.75, 3.05) is 33.5 Å². The van der Waals surface area contributed by atoms with Gasteiger partial charge in [0.15, 0.2) is 0 Å². The molecule has 6 heteroatoms. The molecule has 0 bridgehead atoms. The van der Waals surface area contributed by atoms with Gasteiger partial charge in [-0.2, -0.15) is 0 Å². The van der Waals surface area contributed by atoms with Crippen LogP contribution in [0, 0.1) is 0 Å². The summed E-state index contributed by atoms with van der Waals surface area (Å²) in [6, 6.07) is 0.0125. The minimum absolute atomic E-state index is 0.0125. The van der Waals surface area contributed by atoms with Crippen molar-refractivity contribution in [2.45, 2.75) is 5.91 Å². The van der Waals surface area contributed by atoms with Crippen LogP contribution in [0.3, 0.4) is 0 Å². The van der Waals surface area contributed by atoms with Crippen LogP contribution >= 0.6 is 0 Å². The average molecular weight is 202 g/mol. The number of hydrogen-bond acceptors (Lipinski definition) is 3. The first-order valence-electron chi connectivity index (χ1n) is 4.09. The summed E-state index contributed by atoms with van der Waals surface area (Å²) in [7, 11) is 3.67. The quantitative estimate of drug-likeness (QED) is 0.471. The lowest BCUT2D eigenvalue weighted by atomic mass is 10.7. The van der Waals surface area contributed by atoms with Gasteiger partial charge in [-0.1, -0.05) is 0 Å². The van der Waals surface area contributed by atoms with Crippen LogP contribution in [0.15, 0.2) is 0 Å². The van der Waals surface area contributed by atoms with Gasteiger partial charge in [-0.3, -0.25) is 0 Å². The third-order valence-electron chi connectivity index (χ3n) is 1.82. The van der Waals surface area contributed by atoms with E-state index in [1.165, 1.54) is 0 Å². The van der Waals surface area contributed by atoms with Gasteiger partial charge in [0.1, 0.15) is 15.4 Å². The van der Waals surface area contributed by atoms with Crippen molar-refractivity contribution in [2.24, 2.45) is 0 Å². The third kappa shape index (κ3) is 2.98. The highest BCUT2D eigenvalue weighted by molar-refractivity contribution is 6.37. The van der Waals surface area contributed by atoms with Gasteiger partial charge < -0.3 is 19.7 Å². The molecule has 0 spiro atoms. The molecular formula is C7H14N2O3Si. The highest BCUT2D eigenvalue weighted by Gasteiger charge is 2.20. The van der Waals surface area contributed by atoms with E-state index in [4.69, 9.17) is 9.47 Å². The monoisotopic (exact) mass is 202 g/mol. The molecule has 2 amide bonds. The van der Waals surface area contributed by atoms with Crippen molar-refractivity contribution in [3.05, 3.63) is 0 Å². The van der Waals surface area contributed by atoms with E-state index in [9.17, 15) is 4.79 Å². The van der Waals surface area contributed by atoms with Gasteiger partial charge in [0, 0.05) is 33.5 Å². The molecule has 74 valence electrons. The van der Waals surface area contributed by atoms with Crippen LogP contribution < -0.4 is 5.32 Å². The van der Waals surface area contributed by atoms with E-state index < -0.39 is 0 Å². The van der Waals surface area contributed by atoms with E-state index in [0.717, 1.165) is 13.1 Å². The number of amides is 2. The standard InChI is InChI=1S/C7H14N2O3Si/c1-11-7(12-2)13-5-9-4-3-8-6(9)10/h7H,3-5H2,1-2H3,(H,8,10). The fourth-order valence-electron chi connectivity index (χ4n) is 1.11. The van der Waals surface area contributed by atoms with Gasteiger partial charge in [-0.15, -0.1) is 0 Å². The SMILES string of the molecule is COC(OC)[Si]CN1CCNC1=O. The Bertz CT molecular complexity index is 175. The molecule has 13 heavy (non-hydrogen) atoms. The predicted molar refractivity (Wildman–Crippen MR) is 48.5 cm³/mol. The molecule has 0 aromatic rings. The minimum atomic E-state index is -0.187. The maximum absolute atomic E-state index is 11.1. The highest BCUT2D eigenvalue weighted by Crippen LogP contribution is 1.97. The van der Waals surface area contributed by atoms with Gasteiger partial charge in [0.2, 0.25) is 0 Å². The predicted octanol–water partition coefficient (Wildman–Crippen LogP) is -0.750. The summed E-state index contributed by atoms with van der Waals surface area (Å²) in [6.07, 6.45) is 0.707. The second-order valence-electron chi connectivity index (χ2n) is 2.66. The third-order valence-corrected chi connectivity index (χ3v) is 3.19. The van der Waals surface area contributed by atoms with Crippen molar-refractivity contribution in [3.63, 3.8) is 0 Å². The molecule has 1 N–H and O–H groups in total. The number of rotatable bonds is 5. The fraction of sp³-hybridized carbons (Fsp3) is 0.857. The topological polar surface area (TPSA) is 50.8 Å². The molecule has 1 aliphatic rings. The summed E-state index contributed by atoms with van der Waals surface area (Å²) in [5.74, 6) is -0.187.